The third-order valence-corrected chi connectivity index (χ3v) is 7.24. The van der Waals surface area contributed by atoms with Gasteiger partial charge in [0.1, 0.15) is 18.1 Å². The quantitative estimate of drug-likeness (QED) is 0.401. The van der Waals surface area contributed by atoms with Gasteiger partial charge in [0.15, 0.2) is 0 Å². The monoisotopic (exact) mass is 486 g/mol. The van der Waals surface area contributed by atoms with Crippen LogP contribution in [-0.2, 0) is 6.61 Å². The van der Waals surface area contributed by atoms with Crippen LogP contribution in [-0.4, -0.2) is 43.6 Å². The lowest BCUT2D eigenvalue weighted by molar-refractivity contribution is 0.0746. The molecule has 0 aromatic heterocycles. The minimum Gasteiger partial charge on any atom is -0.493 e. The van der Waals surface area contributed by atoms with Crippen molar-refractivity contribution in [2.75, 3.05) is 37.7 Å². The molecular weight excluding hydrogens is 448 g/mol. The highest BCUT2D eigenvalue weighted by Crippen LogP contribution is 2.28. The van der Waals surface area contributed by atoms with E-state index in [1.54, 1.807) is 0 Å². The Morgan fingerprint density at radius 3 is 2.28 bits per heavy atom. The lowest BCUT2D eigenvalue weighted by atomic mass is 10.1. The summed E-state index contributed by atoms with van der Waals surface area (Å²) < 4.78 is 12.1. The van der Waals surface area contributed by atoms with E-state index in [0.717, 1.165) is 35.7 Å². The molecule has 3 aromatic carbocycles. The van der Waals surface area contributed by atoms with E-state index in [1.807, 2.05) is 30.0 Å². The molecule has 3 aromatic rings. The van der Waals surface area contributed by atoms with Crippen molar-refractivity contribution in [2.24, 2.45) is 0 Å². The van der Waals surface area contributed by atoms with Crippen LogP contribution in [0.25, 0.3) is 0 Å². The third kappa shape index (κ3) is 5.51. The summed E-state index contributed by atoms with van der Waals surface area (Å²) in [5.41, 5.74) is 8.95. The van der Waals surface area contributed by atoms with Gasteiger partial charge in [-0.25, -0.2) is 0 Å². The molecule has 0 radical (unpaired) electrons. The summed E-state index contributed by atoms with van der Waals surface area (Å²) in [6.45, 7) is 16.5. The van der Waals surface area contributed by atoms with Crippen LogP contribution in [0.1, 0.15) is 50.7 Å². The highest BCUT2D eigenvalue weighted by molar-refractivity contribution is 5.94. The number of aryl methyl sites for hydroxylation is 3. The molecule has 0 spiro atoms. The standard InChI is InChI=1S/C31H38N2O3/c1-7-35-29-12-11-26(19-27(29)20-36-30-18-21(2)17-23(4)25(30)6)31(34)33-15-13-32(14-16-33)28-10-8-9-22(3)24(28)5/h8-12,17-19H,7,13-16,20H2,1-6H3. The predicted molar refractivity (Wildman–Crippen MR) is 147 cm³/mol. The zero-order chi connectivity index (χ0) is 25.8. The summed E-state index contributed by atoms with van der Waals surface area (Å²) in [5.74, 6) is 1.69. The Balaban J connectivity index is 1.48. The second-order valence-corrected chi connectivity index (χ2v) is 9.75. The van der Waals surface area contributed by atoms with Gasteiger partial charge in [-0.15, -0.1) is 0 Å². The summed E-state index contributed by atoms with van der Waals surface area (Å²) in [7, 11) is 0. The van der Waals surface area contributed by atoms with E-state index in [9.17, 15) is 4.79 Å². The van der Waals surface area contributed by atoms with Gasteiger partial charge in [-0.3, -0.25) is 4.79 Å². The van der Waals surface area contributed by atoms with Gasteiger partial charge in [0.05, 0.1) is 6.61 Å². The van der Waals surface area contributed by atoms with E-state index in [1.165, 1.54) is 27.9 Å². The zero-order valence-electron chi connectivity index (χ0n) is 22.5. The normalized spacial score (nSPS) is 13.6. The molecule has 5 heteroatoms. The van der Waals surface area contributed by atoms with Crippen molar-refractivity contribution in [3.05, 3.63) is 87.5 Å². The van der Waals surface area contributed by atoms with Crippen LogP contribution in [0.3, 0.4) is 0 Å². The minimum absolute atomic E-state index is 0.0579. The summed E-state index contributed by atoms with van der Waals surface area (Å²) >= 11 is 0. The van der Waals surface area contributed by atoms with Crippen LogP contribution in [0.2, 0.25) is 0 Å². The number of nitrogens with zero attached hydrogens (tertiary/aromatic N) is 2. The summed E-state index contributed by atoms with van der Waals surface area (Å²) in [5, 5.41) is 0. The maximum absolute atomic E-state index is 13.4. The van der Waals surface area contributed by atoms with Crippen LogP contribution in [0.5, 0.6) is 11.5 Å². The number of anilines is 1. The number of amides is 1. The molecule has 4 rings (SSSR count). The smallest absolute Gasteiger partial charge is 0.253 e. The molecule has 0 aliphatic carbocycles. The molecular formula is C31H38N2O3. The Kier molecular flexibility index (Phi) is 7.88. The summed E-state index contributed by atoms with van der Waals surface area (Å²) in [4.78, 5) is 17.8. The second kappa shape index (κ2) is 11.1. The molecule has 0 unspecified atom stereocenters. The van der Waals surface area contributed by atoms with E-state index in [2.05, 4.69) is 69.9 Å². The summed E-state index contributed by atoms with van der Waals surface area (Å²) in [6, 6.07) is 16.4. The third-order valence-electron chi connectivity index (χ3n) is 7.24. The average Bonchev–Trinajstić information content (AvgIpc) is 2.87. The minimum atomic E-state index is 0.0579. The van der Waals surface area contributed by atoms with E-state index >= 15 is 0 Å². The Labute approximate surface area is 215 Å². The van der Waals surface area contributed by atoms with Crippen molar-refractivity contribution in [1.29, 1.82) is 0 Å². The van der Waals surface area contributed by atoms with Crippen molar-refractivity contribution in [1.82, 2.24) is 4.90 Å². The van der Waals surface area contributed by atoms with E-state index in [-0.39, 0.29) is 5.91 Å². The fourth-order valence-electron chi connectivity index (χ4n) is 4.84. The van der Waals surface area contributed by atoms with Crippen LogP contribution in [0.15, 0.2) is 48.5 Å². The van der Waals surface area contributed by atoms with Crippen molar-refractivity contribution < 1.29 is 14.3 Å². The number of hydrogen-bond acceptors (Lipinski definition) is 4. The van der Waals surface area contributed by atoms with Gasteiger partial charge in [0.2, 0.25) is 0 Å². The number of ether oxygens (including phenoxy) is 2. The molecule has 1 amide bonds. The maximum atomic E-state index is 13.4. The highest BCUT2D eigenvalue weighted by Gasteiger charge is 2.24. The molecule has 0 saturated carbocycles. The summed E-state index contributed by atoms with van der Waals surface area (Å²) in [6.07, 6.45) is 0. The van der Waals surface area contributed by atoms with Gasteiger partial charge in [-0.05, 0) is 99.7 Å². The first-order valence-electron chi connectivity index (χ1n) is 12.8. The second-order valence-electron chi connectivity index (χ2n) is 9.75. The van der Waals surface area contributed by atoms with Gasteiger partial charge in [-0.1, -0.05) is 18.2 Å². The van der Waals surface area contributed by atoms with Crippen LogP contribution < -0.4 is 14.4 Å². The molecule has 1 saturated heterocycles. The molecule has 190 valence electrons. The Morgan fingerprint density at radius 2 is 1.56 bits per heavy atom. The van der Waals surface area contributed by atoms with Crippen molar-refractivity contribution in [3.8, 4) is 11.5 Å². The molecule has 1 aliphatic heterocycles. The van der Waals surface area contributed by atoms with E-state index < -0.39 is 0 Å². The topological polar surface area (TPSA) is 42.0 Å². The van der Waals surface area contributed by atoms with Crippen LogP contribution >= 0.6 is 0 Å². The predicted octanol–water partition coefficient (Wildman–Crippen LogP) is 6.17. The number of hydrogen-bond donors (Lipinski definition) is 0. The largest absolute Gasteiger partial charge is 0.493 e. The number of carbonyl (C=O) groups is 1. The Bertz CT molecular complexity index is 1240. The molecule has 0 N–H and O–H groups in total. The van der Waals surface area contributed by atoms with Gasteiger partial charge in [0.25, 0.3) is 5.91 Å². The van der Waals surface area contributed by atoms with Crippen molar-refractivity contribution in [3.63, 3.8) is 0 Å². The van der Waals surface area contributed by atoms with Crippen molar-refractivity contribution >= 4 is 11.6 Å². The molecule has 5 nitrogen and oxygen atoms in total. The first-order valence-corrected chi connectivity index (χ1v) is 12.8. The van der Waals surface area contributed by atoms with Crippen molar-refractivity contribution in [2.45, 2.75) is 48.1 Å². The molecule has 1 heterocycles. The zero-order valence-corrected chi connectivity index (χ0v) is 22.5. The first-order chi connectivity index (χ1) is 17.3. The fraction of sp³-hybridized carbons (Fsp3) is 0.387. The first kappa shape index (κ1) is 25.6. The van der Waals surface area contributed by atoms with Gasteiger partial charge < -0.3 is 19.3 Å². The van der Waals surface area contributed by atoms with E-state index in [0.29, 0.717) is 31.9 Å². The fourth-order valence-corrected chi connectivity index (χ4v) is 4.84. The lowest BCUT2D eigenvalue weighted by Crippen LogP contribution is -2.49. The Morgan fingerprint density at radius 1 is 0.806 bits per heavy atom. The maximum Gasteiger partial charge on any atom is 0.253 e. The Hall–Kier alpha value is -3.47. The molecule has 0 bridgehead atoms. The van der Waals surface area contributed by atoms with Crippen LogP contribution in [0.4, 0.5) is 5.69 Å². The molecule has 1 aliphatic rings. The molecule has 0 atom stereocenters. The van der Waals surface area contributed by atoms with Crippen LogP contribution in [0, 0.1) is 34.6 Å². The number of benzene rings is 3. The molecule has 36 heavy (non-hydrogen) atoms. The molecule has 1 fully saturated rings. The van der Waals surface area contributed by atoms with Gasteiger partial charge >= 0.3 is 0 Å². The lowest BCUT2D eigenvalue weighted by Gasteiger charge is -2.37. The highest BCUT2D eigenvalue weighted by atomic mass is 16.5. The van der Waals surface area contributed by atoms with E-state index in [4.69, 9.17) is 9.47 Å². The van der Waals surface area contributed by atoms with Gasteiger partial charge in [0, 0.05) is 43.0 Å². The SMILES string of the molecule is CCOc1ccc(C(=O)N2CCN(c3cccc(C)c3C)CC2)cc1COc1cc(C)cc(C)c1C. The number of piperazine rings is 1. The average molecular weight is 487 g/mol. The number of rotatable bonds is 7. The number of carbonyl (C=O) groups excluding carboxylic acids is 1. The van der Waals surface area contributed by atoms with Gasteiger partial charge in [-0.2, -0.15) is 0 Å².